The van der Waals surface area contributed by atoms with Crippen LogP contribution in [0.1, 0.15) is 16.7 Å². The number of rotatable bonds is 4. The zero-order valence-corrected chi connectivity index (χ0v) is 17.4. The van der Waals surface area contributed by atoms with Gasteiger partial charge in [0.2, 0.25) is 18.2 Å². The highest BCUT2D eigenvalue weighted by Gasteiger charge is 2.17. The Labute approximate surface area is 177 Å². The smallest absolute Gasteiger partial charge is 0.221 e. The Morgan fingerprint density at radius 3 is 2.10 bits per heavy atom. The van der Waals surface area contributed by atoms with Crippen molar-refractivity contribution >= 4 is 29.0 Å². The molecule has 3 aromatic rings. The predicted molar refractivity (Wildman–Crippen MR) is 126 cm³/mol. The number of anilines is 3. The lowest BCUT2D eigenvalue weighted by atomic mass is 10.2. The Kier molecular flexibility index (Phi) is 5.66. The van der Waals surface area contributed by atoms with Gasteiger partial charge in [-0.3, -0.25) is 5.32 Å². The van der Waals surface area contributed by atoms with Crippen LogP contribution in [-0.4, -0.2) is 18.2 Å². The summed E-state index contributed by atoms with van der Waals surface area (Å²) in [5, 5.41) is 13.4. The van der Waals surface area contributed by atoms with Gasteiger partial charge >= 0.3 is 0 Å². The molecule has 0 saturated carbocycles. The molecule has 6 nitrogen and oxygen atoms in total. The third-order valence-electron chi connectivity index (χ3n) is 4.76. The van der Waals surface area contributed by atoms with Crippen molar-refractivity contribution in [2.75, 3.05) is 16.0 Å². The molecule has 0 amide bonds. The van der Waals surface area contributed by atoms with Crippen molar-refractivity contribution in [3.63, 3.8) is 0 Å². The number of aliphatic imine (C=N–C) groups is 2. The van der Waals surface area contributed by atoms with Crippen LogP contribution in [0, 0.1) is 20.8 Å². The summed E-state index contributed by atoms with van der Waals surface area (Å²) < 4.78 is 0. The zero-order chi connectivity index (χ0) is 20.9. The van der Waals surface area contributed by atoms with Crippen LogP contribution in [0.3, 0.4) is 0 Å². The summed E-state index contributed by atoms with van der Waals surface area (Å²) in [4.78, 5) is 9.41. The number of guanidine groups is 2. The molecule has 0 aliphatic carbocycles. The van der Waals surface area contributed by atoms with Crippen molar-refractivity contribution in [3.8, 4) is 0 Å². The molecule has 1 atom stereocenters. The summed E-state index contributed by atoms with van der Waals surface area (Å²) in [6.45, 7) is 6.20. The third-order valence-corrected chi connectivity index (χ3v) is 4.76. The van der Waals surface area contributed by atoms with Crippen LogP contribution in [0.4, 0.5) is 17.1 Å². The standard InChI is InChI=1S/C24H26N6/c1-16-11-13-19(14-12-16)25-22-28-23(26-20-9-6-7-17(2)15-20)30-24(29-22)27-21-10-5-4-8-18(21)3/h4-15,24,27H,1-3H3,(H3,25,26,28,29,30). The number of nitrogens with one attached hydrogen (secondary N) is 4. The van der Waals surface area contributed by atoms with Crippen LogP contribution in [0.5, 0.6) is 0 Å². The van der Waals surface area contributed by atoms with E-state index >= 15 is 0 Å². The lowest BCUT2D eigenvalue weighted by Gasteiger charge is -2.24. The van der Waals surface area contributed by atoms with Crippen molar-refractivity contribution in [1.82, 2.24) is 5.32 Å². The Morgan fingerprint density at radius 2 is 1.40 bits per heavy atom. The van der Waals surface area contributed by atoms with Gasteiger partial charge in [0.15, 0.2) is 0 Å². The molecule has 3 aromatic carbocycles. The highest BCUT2D eigenvalue weighted by atomic mass is 15.4. The first-order chi connectivity index (χ1) is 14.5. The summed E-state index contributed by atoms with van der Waals surface area (Å²) in [6, 6.07) is 24.5. The minimum Gasteiger partial charge on any atom is -0.345 e. The zero-order valence-electron chi connectivity index (χ0n) is 17.4. The highest BCUT2D eigenvalue weighted by molar-refractivity contribution is 6.10. The maximum Gasteiger partial charge on any atom is 0.221 e. The van der Waals surface area contributed by atoms with Gasteiger partial charge < -0.3 is 16.0 Å². The van der Waals surface area contributed by atoms with E-state index < -0.39 is 6.29 Å². The number of nitrogens with zero attached hydrogens (tertiary/aromatic N) is 2. The molecule has 0 spiro atoms. The van der Waals surface area contributed by atoms with Crippen molar-refractivity contribution in [2.24, 2.45) is 9.98 Å². The molecule has 152 valence electrons. The van der Waals surface area contributed by atoms with E-state index in [1.807, 2.05) is 42.5 Å². The molecule has 30 heavy (non-hydrogen) atoms. The molecular formula is C24H26N6. The molecule has 1 heterocycles. The Morgan fingerprint density at radius 1 is 0.700 bits per heavy atom. The van der Waals surface area contributed by atoms with E-state index in [0.717, 1.165) is 22.6 Å². The van der Waals surface area contributed by atoms with Crippen molar-refractivity contribution in [3.05, 3.63) is 89.5 Å². The lowest BCUT2D eigenvalue weighted by Crippen LogP contribution is -2.45. The van der Waals surface area contributed by atoms with Crippen LogP contribution in [-0.2, 0) is 0 Å². The fourth-order valence-corrected chi connectivity index (χ4v) is 3.15. The Hall–Kier alpha value is -3.80. The minimum atomic E-state index is -0.465. The third kappa shape index (κ3) is 4.97. The molecule has 1 aliphatic heterocycles. The summed E-state index contributed by atoms with van der Waals surface area (Å²) in [6.07, 6.45) is -0.465. The first-order valence-corrected chi connectivity index (χ1v) is 9.97. The summed E-state index contributed by atoms with van der Waals surface area (Å²) >= 11 is 0. The second-order valence-electron chi connectivity index (χ2n) is 7.40. The van der Waals surface area contributed by atoms with E-state index in [-0.39, 0.29) is 0 Å². The van der Waals surface area contributed by atoms with Gasteiger partial charge in [-0.25, -0.2) is 9.98 Å². The van der Waals surface area contributed by atoms with Gasteiger partial charge in [0.25, 0.3) is 0 Å². The van der Waals surface area contributed by atoms with Crippen LogP contribution in [0.25, 0.3) is 0 Å². The molecule has 6 heteroatoms. The lowest BCUT2D eigenvalue weighted by molar-refractivity contribution is 0.783. The van der Waals surface area contributed by atoms with Crippen LogP contribution < -0.4 is 21.3 Å². The van der Waals surface area contributed by atoms with E-state index in [2.05, 4.69) is 72.4 Å². The van der Waals surface area contributed by atoms with Crippen LogP contribution in [0.15, 0.2) is 82.8 Å². The van der Waals surface area contributed by atoms with Gasteiger partial charge in [0.05, 0.1) is 0 Å². The number of aryl methyl sites for hydroxylation is 3. The van der Waals surface area contributed by atoms with Gasteiger partial charge in [-0.2, -0.15) is 0 Å². The average molecular weight is 399 g/mol. The van der Waals surface area contributed by atoms with Crippen LogP contribution in [0.2, 0.25) is 0 Å². The summed E-state index contributed by atoms with van der Waals surface area (Å²) in [5.41, 5.74) is 6.45. The van der Waals surface area contributed by atoms with Gasteiger partial charge in [0, 0.05) is 17.1 Å². The van der Waals surface area contributed by atoms with E-state index in [1.54, 1.807) is 0 Å². The molecule has 0 aromatic heterocycles. The van der Waals surface area contributed by atoms with E-state index in [1.165, 1.54) is 11.1 Å². The number of hydrogen-bond acceptors (Lipinski definition) is 6. The molecule has 1 unspecified atom stereocenters. The maximum absolute atomic E-state index is 4.70. The number of para-hydroxylation sites is 1. The number of benzene rings is 3. The average Bonchev–Trinajstić information content (AvgIpc) is 2.71. The Bertz CT molecular complexity index is 1080. The van der Waals surface area contributed by atoms with Gasteiger partial charge in [-0.05, 0) is 62.2 Å². The van der Waals surface area contributed by atoms with Gasteiger partial charge in [-0.15, -0.1) is 0 Å². The van der Waals surface area contributed by atoms with E-state index in [4.69, 9.17) is 9.98 Å². The molecule has 0 fully saturated rings. The quantitative estimate of drug-likeness (QED) is 0.507. The second-order valence-corrected chi connectivity index (χ2v) is 7.40. The molecule has 0 radical (unpaired) electrons. The number of hydrogen-bond donors (Lipinski definition) is 4. The molecule has 1 aliphatic rings. The van der Waals surface area contributed by atoms with Gasteiger partial charge in [-0.1, -0.05) is 48.0 Å². The first-order valence-electron chi connectivity index (χ1n) is 9.97. The van der Waals surface area contributed by atoms with Gasteiger partial charge in [0.1, 0.15) is 0 Å². The SMILES string of the molecule is Cc1ccc(NC2=NC(Nc3ccccc3C)N=C(Nc3cccc(C)c3)N2)cc1. The molecule has 0 bridgehead atoms. The highest BCUT2D eigenvalue weighted by Crippen LogP contribution is 2.17. The topological polar surface area (TPSA) is 72.8 Å². The predicted octanol–water partition coefficient (Wildman–Crippen LogP) is 4.85. The van der Waals surface area contributed by atoms with Crippen molar-refractivity contribution in [1.29, 1.82) is 0 Å². The monoisotopic (exact) mass is 398 g/mol. The largest absolute Gasteiger partial charge is 0.345 e. The van der Waals surface area contributed by atoms with Crippen LogP contribution >= 0.6 is 0 Å². The summed E-state index contributed by atoms with van der Waals surface area (Å²) in [5.74, 6) is 1.24. The summed E-state index contributed by atoms with van der Waals surface area (Å²) in [7, 11) is 0. The molecule has 0 saturated heterocycles. The minimum absolute atomic E-state index is 0.465. The van der Waals surface area contributed by atoms with Crippen molar-refractivity contribution in [2.45, 2.75) is 27.1 Å². The maximum atomic E-state index is 4.70. The van der Waals surface area contributed by atoms with Crippen molar-refractivity contribution < 1.29 is 0 Å². The van der Waals surface area contributed by atoms with E-state index in [0.29, 0.717) is 11.9 Å². The first kappa shape index (κ1) is 19.5. The molecular weight excluding hydrogens is 372 g/mol. The normalized spacial score (nSPS) is 15.5. The Balaban J connectivity index is 1.58. The fraction of sp³-hybridized carbons (Fsp3) is 0.167. The fourth-order valence-electron chi connectivity index (χ4n) is 3.15. The van der Waals surface area contributed by atoms with E-state index in [9.17, 15) is 0 Å². The molecule has 4 N–H and O–H groups in total. The second kappa shape index (κ2) is 8.69. The molecule has 4 rings (SSSR count).